The van der Waals surface area contributed by atoms with E-state index in [9.17, 15) is 23.5 Å². The molecule has 2 aromatic rings. The molecular formula is C13H9BrFN2O4P-2. The molecule has 0 saturated carbocycles. The van der Waals surface area contributed by atoms with Crippen LogP contribution >= 0.6 is 23.5 Å². The summed E-state index contributed by atoms with van der Waals surface area (Å²) in [6.07, 6.45) is 0. The molecule has 6 nitrogen and oxygen atoms in total. The third-order valence-corrected chi connectivity index (χ3v) is 4.04. The van der Waals surface area contributed by atoms with E-state index in [1.807, 2.05) is 0 Å². The number of halogens is 2. The second-order valence-corrected chi connectivity index (χ2v) is 6.64. The smallest absolute Gasteiger partial charge is 0.323 e. The van der Waals surface area contributed by atoms with Gasteiger partial charge in [-0.05, 0) is 44.0 Å². The molecule has 0 spiro atoms. The van der Waals surface area contributed by atoms with Gasteiger partial charge in [0.15, 0.2) is 0 Å². The topological polar surface area (TPSA) is 104 Å². The second kappa shape index (κ2) is 6.58. The van der Waals surface area contributed by atoms with Crippen LogP contribution in [0.3, 0.4) is 0 Å². The fourth-order valence-electron chi connectivity index (χ4n) is 1.69. The van der Waals surface area contributed by atoms with Gasteiger partial charge in [-0.3, -0.25) is 0 Å². The SMILES string of the molecule is O=C(Nc1cccc(F)c1)Nc1ccc(Br)cc1P(=O)([O-])[O-]. The van der Waals surface area contributed by atoms with E-state index in [4.69, 9.17) is 0 Å². The largest absolute Gasteiger partial charge is 0.807 e. The minimum absolute atomic E-state index is 0.162. The lowest BCUT2D eigenvalue weighted by Crippen LogP contribution is -2.30. The molecule has 0 aliphatic heterocycles. The number of nitrogens with one attached hydrogen (secondary N) is 2. The van der Waals surface area contributed by atoms with E-state index < -0.39 is 24.7 Å². The molecule has 0 fully saturated rings. The first-order valence-electron chi connectivity index (χ1n) is 5.91. The Morgan fingerprint density at radius 2 is 1.86 bits per heavy atom. The number of rotatable bonds is 3. The Balaban J connectivity index is 2.20. The molecule has 0 aliphatic rings. The highest BCUT2D eigenvalue weighted by Gasteiger charge is 2.10. The lowest BCUT2D eigenvalue weighted by atomic mass is 10.3. The van der Waals surface area contributed by atoms with Crippen molar-refractivity contribution in [3.63, 3.8) is 0 Å². The van der Waals surface area contributed by atoms with Crippen LogP contribution in [0.4, 0.5) is 20.6 Å². The summed E-state index contributed by atoms with van der Waals surface area (Å²) in [4.78, 5) is 34.2. The van der Waals surface area contributed by atoms with Crippen molar-refractivity contribution in [3.8, 4) is 0 Å². The van der Waals surface area contributed by atoms with E-state index in [0.717, 1.165) is 12.1 Å². The van der Waals surface area contributed by atoms with Gasteiger partial charge in [0.25, 0.3) is 0 Å². The Labute approximate surface area is 133 Å². The van der Waals surface area contributed by atoms with E-state index in [1.165, 1.54) is 30.3 Å². The van der Waals surface area contributed by atoms with Crippen LogP contribution in [0.15, 0.2) is 46.9 Å². The van der Waals surface area contributed by atoms with Gasteiger partial charge < -0.3 is 25.0 Å². The zero-order valence-electron chi connectivity index (χ0n) is 10.9. The summed E-state index contributed by atoms with van der Waals surface area (Å²) >= 11 is 3.05. The lowest BCUT2D eigenvalue weighted by Gasteiger charge is -2.32. The highest BCUT2D eigenvalue weighted by Crippen LogP contribution is 2.29. The van der Waals surface area contributed by atoms with Crippen LogP contribution < -0.4 is 25.7 Å². The maximum atomic E-state index is 13.0. The highest BCUT2D eigenvalue weighted by molar-refractivity contribution is 9.10. The van der Waals surface area contributed by atoms with Crippen LogP contribution in [0.2, 0.25) is 0 Å². The van der Waals surface area contributed by atoms with Gasteiger partial charge in [-0.1, -0.05) is 22.0 Å². The van der Waals surface area contributed by atoms with Gasteiger partial charge in [-0.15, -0.1) is 0 Å². The Morgan fingerprint density at radius 1 is 1.14 bits per heavy atom. The first-order valence-corrected chi connectivity index (χ1v) is 8.25. The third kappa shape index (κ3) is 4.38. The van der Waals surface area contributed by atoms with Crippen molar-refractivity contribution in [3.05, 3.63) is 52.8 Å². The maximum Gasteiger partial charge on any atom is 0.323 e. The molecule has 9 heteroatoms. The molecule has 2 aromatic carbocycles. The van der Waals surface area contributed by atoms with Gasteiger partial charge in [-0.25, -0.2) is 9.18 Å². The van der Waals surface area contributed by atoms with E-state index in [-0.39, 0.29) is 11.4 Å². The Hall–Kier alpha value is -1.73. The first kappa shape index (κ1) is 16.6. The van der Waals surface area contributed by atoms with E-state index in [0.29, 0.717) is 4.47 Å². The predicted molar refractivity (Wildman–Crippen MR) is 80.4 cm³/mol. The minimum Gasteiger partial charge on any atom is -0.807 e. The molecule has 0 atom stereocenters. The van der Waals surface area contributed by atoms with Gasteiger partial charge in [-0.2, -0.15) is 0 Å². The predicted octanol–water partition coefficient (Wildman–Crippen LogP) is 1.77. The number of carbonyl (C=O) groups is 1. The van der Waals surface area contributed by atoms with E-state index in [2.05, 4.69) is 26.6 Å². The third-order valence-electron chi connectivity index (χ3n) is 2.59. The Bertz CT molecular complexity index is 765. The standard InChI is InChI=1S/C13H11BrFN2O4P/c14-8-4-5-11(12(6-8)22(19,20)21)17-13(18)16-10-3-1-2-9(15)7-10/h1-7H,(H2,16,17,18)(H2,19,20,21)/p-2. The van der Waals surface area contributed by atoms with Crippen molar-refractivity contribution >= 4 is 46.2 Å². The van der Waals surface area contributed by atoms with Crippen LogP contribution in [0.25, 0.3) is 0 Å². The van der Waals surface area contributed by atoms with Gasteiger partial charge in [0.1, 0.15) is 5.82 Å². The summed E-state index contributed by atoms with van der Waals surface area (Å²) in [7, 11) is -5.06. The van der Waals surface area contributed by atoms with Crippen LogP contribution in [-0.2, 0) is 4.57 Å². The van der Waals surface area contributed by atoms with Gasteiger partial charge in [0, 0.05) is 15.5 Å². The van der Waals surface area contributed by atoms with E-state index in [1.54, 1.807) is 0 Å². The number of anilines is 2. The fraction of sp³-hybridized carbons (Fsp3) is 0. The molecule has 2 amide bonds. The molecule has 0 saturated heterocycles. The average molecular weight is 387 g/mol. The van der Waals surface area contributed by atoms with Crippen molar-refractivity contribution in [2.45, 2.75) is 0 Å². The molecule has 0 heterocycles. The first-order chi connectivity index (χ1) is 10.3. The maximum absolute atomic E-state index is 13.0. The number of hydrogen-bond donors (Lipinski definition) is 2. The van der Waals surface area contributed by atoms with Crippen LogP contribution in [0.5, 0.6) is 0 Å². The zero-order chi connectivity index (χ0) is 16.3. The molecule has 0 aliphatic carbocycles. The summed E-state index contributed by atoms with van der Waals surface area (Å²) < 4.78 is 24.6. The number of carbonyl (C=O) groups excluding carboxylic acids is 1. The highest BCUT2D eigenvalue weighted by atomic mass is 79.9. The van der Waals surface area contributed by atoms with Crippen LogP contribution in [-0.4, -0.2) is 6.03 Å². The molecular weight excluding hydrogens is 378 g/mol. The molecule has 2 N–H and O–H groups in total. The number of benzene rings is 2. The minimum atomic E-state index is -5.06. The summed E-state index contributed by atoms with van der Waals surface area (Å²) in [5, 5.41) is 4.03. The lowest BCUT2D eigenvalue weighted by molar-refractivity contribution is -0.307. The van der Waals surface area contributed by atoms with Crippen molar-refractivity contribution < 1.29 is 23.5 Å². The molecule has 2 rings (SSSR count). The molecule has 22 heavy (non-hydrogen) atoms. The van der Waals surface area contributed by atoms with E-state index >= 15 is 0 Å². The number of hydrogen-bond acceptors (Lipinski definition) is 4. The summed E-state index contributed by atoms with van der Waals surface area (Å²) in [5.74, 6) is -0.536. The normalized spacial score (nSPS) is 11.1. The molecule has 0 radical (unpaired) electrons. The Morgan fingerprint density at radius 3 is 2.50 bits per heavy atom. The fourth-order valence-corrected chi connectivity index (χ4v) is 2.95. The number of amides is 2. The van der Waals surface area contributed by atoms with Gasteiger partial charge in [0.2, 0.25) is 0 Å². The zero-order valence-corrected chi connectivity index (χ0v) is 13.4. The molecule has 0 bridgehead atoms. The van der Waals surface area contributed by atoms with Crippen molar-refractivity contribution in [2.75, 3.05) is 10.6 Å². The summed E-state index contributed by atoms with van der Waals surface area (Å²) in [6.45, 7) is 0. The monoisotopic (exact) mass is 386 g/mol. The quantitative estimate of drug-likeness (QED) is 0.784. The number of urea groups is 1. The molecule has 0 unspecified atom stereocenters. The van der Waals surface area contributed by atoms with Crippen LogP contribution in [0.1, 0.15) is 0 Å². The average Bonchev–Trinajstić information content (AvgIpc) is 2.39. The summed E-state index contributed by atoms with van der Waals surface area (Å²) in [5.41, 5.74) is 0.0222. The van der Waals surface area contributed by atoms with Crippen molar-refractivity contribution in [1.82, 2.24) is 0 Å². The van der Waals surface area contributed by atoms with Crippen molar-refractivity contribution in [2.24, 2.45) is 0 Å². The van der Waals surface area contributed by atoms with Crippen LogP contribution in [0, 0.1) is 5.82 Å². The Kier molecular flexibility index (Phi) is 4.97. The van der Waals surface area contributed by atoms with Gasteiger partial charge >= 0.3 is 6.03 Å². The van der Waals surface area contributed by atoms with Crippen molar-refractivity contribution in [1.29, 1.82) is 0 Å². The second-order valence-electron chi connectivity index (χ2n) is 4.25. The molecule has 0 aromatic heterocycles. The molecule has 116 valence electrons. The summed E-state index contributed by atoms with van der Waals surface area (Å²) in [6, 6.07) is 8.19. The van der Waals surface area contributed by atoms with Gasteiger partial charge in [0.05, 0.1) is 5.69 Å².